The lowest BCUT2D eigenvalue weighted by molar-refractivity contribution is -0.141. The summed E-state index contributed by atoms with van der Waals surface area (Å²) in [4.78, 5) is 41.2. The van der Waals surface area contributed by atoms with Gasteiger partial charge in [-0.2, -0.15) is 0 Å². The fraction of sp³-hybridized carbons (Fsp3) is 0.500. The number of aryl methyl sites for hydroxylation is 2. The number of para-hydroxylation sites is 1. The van der Waals surface area contributed by atoms with E-state index in [1.807, 2.05) is 13.0 Å². The predicted octanol–water partition coefficient (Wildman–Crippen LogP) is 2.52. The zero-order valence-corrected chi connectivity index (χ0v) is 23.0. The summed E-state index contributed by atoms with van der Waals surface area (Å²) >= 11 is 0. The molecule has 8 nitrogen and oxygen atoms in total. The third-order valence-corrected chi connectivity index (χ3v) is 7.71. The average Bonchev–Trinajstić information content (AvgIpc) is 2.94. The lowest BCUT2D eigenvalue weighted by Gasteiger charge is -2.32. The van der Waals surface area contributed by atoms with E-state index in [9.17, 15) is 18.8 Å². The minimum Gasteiger partial charge on any atom is -0.489 e. The second-order valence-electron chi connectivity index (χ2n) is 10.5. The van der Waals surface area contributed by atoms with E-state index in [2.05, 4.69) is 28.1 Å². The van der Waals surface area contributed by atoms with E-state index in [1.165, 1.54) is 22.6 Å². The molecular formula is C30H39FN4O4. The molecule has 0 aliphatic carbocycles. The van der Waals surface area contributed by atoms with Gasteiger partial charge in [0.25, 0.3) is 0 Å². The van der Waals surface area contributed by atoms with Crippen molar-refractivity contribution >= 4 is 17.7 Å². The molecule has 0 saturated heterocycles. The molecule has 39 heavy (non-hydrogen) atoms. The van der Waals surface area contributed by atoms with E-state index in [0.717, 1.165) is 30.6 Å². The Morgan fingerprint density at radius 1 is 1.00 bits per heavy atom. The van der Waals surface area contributed by atoms with E-state index in [1.54, 1.807) is 26.1 Å². The Morgan fingerprint density at radius 2 is 1.72 bits per heavy atom. The van der Waals surface area contributed by atoms with Crippen LogP contribution in [0.15, 0.2) is 42.5 Å². The van der Waals surface area contributed by atoms with Gasteiger partial charge >= 0.3 is 0 Å². The summed E-state index contributed by atoms with van der Waals surface area (Å²) < 4.78 is 19.8. The summed E-state index contributed by atoms with van der Waals surface area (Å²) in [6.45, 7) is 4.53. The highest BCUT2D eigenvalue weighted by Gasteiger charge is 2.31. The van der Waals surface area contributed by atoms with Crippen LogP contribution >= 0.6 is 0 Å². The van der Waals surface area contributed by atoms with Gasteiger partial charge in [-0.1, -0.05) is 37.3 Å². The van der Waals surface area contributed by atoms with Crippen molar-refractivity contribution in [1.82, 2.24) is 20.9 Å². The van der Waals surface area contributed by atoms with E-state index in [0.29, 0.717) is 31.5 Å². The molecule has 2 aliphatic heterocycles. The molecule has 0 spiro atoms. The van der Waals surface area contributed by atoms with Crippen LogP contribution in [0.25, 0.3) is 0 Å². The smallest absolute Gasteiger partial charge is 0.243 e. The summed E-state index contributed by atoms with van der Waals surface area (Å²) in [6, 6.07) is 9.91. The molecule has 2 aliphatic rings. The van der Waals surface area contributed by atoms with Gasteiger partial charge in [0.1, 0.15) is 29.8 Å². The first-order valence-electron chi connectivity index (χ1n) is 13.9. The first-order valence-corrected chi connectivity index (χ1v) is 13.9. The van der Waals surface area contributed by atoms with Crippen LogP contribution in [0.4, 0.5) is 4.39 Å². The first kappa shape index (κ1) is 28.5. The number of likely N-dealkylation sites (N-methyl/N-ethyl adjacent to an activating group) is 1. The molecule has 4 atom stereocenters. The van der Waals surface area contributed by atoms with Crippen molar-refractivity contribution < 1.29 is 23.5 Å². The predicted molar refractivity (Wildman–Crippen MR) is 147 cm³/mol. The molecular weight excluding hydrogens is 499 g/mol. The molecule has 210 valence electrons. The van der Waals surface area contributed by atoms with Crippen molar-refractivity contribution in [2.24, 2.45) is 0 Å². The fourth-order valence-electron chi connectivity index (χ4n) is 5.13. The van der Waals surface area contributed by atoms with Gasteiger partial charge in [0.15, 0.2) is 0 Å². The SMILES string of the molecule is CCC1NCC2CCc3cccc(c3O2)CCCNC(=O)[C@@H](Cc2ccc(F)cc2)NC(=O)[C@@H](C)N(C)C1=O. The zero-order valence-electron chi connectivity index (χ0n) is 23.0. The Balaban J connectivity index is 1.57. The van der Waals surface area contributed by atoms with Crippen molar-refractivity contribution in [3.05, 3.63) is 65.0 Å². The Labute approximate surface area is 229 Å². The summed E-state index contributed by atoms with van der Waals surface area (Å²) in [5, 5.41) is 9.14. The standard InChI is InChI=1S/C30H39FN4O4/c1-4-25-30(38)35(3)19(2)28(36)34-26(17-20-10-13-23(31)14-11-20)29(37)32-16-6-9-21-7-5-8-22-12-15-24(18-33-25)39-27(21)22/h5,7-8,10-11,13-14,19,24-26,33H,4,6,9,12,15-18H2,1-3H3,(H,32,37)(H,34,36)/t19-,24?,25?,26-/m1/s1. The molecule has 3 N–H and O–H groups in total. The Hall–Kier alpha value is -3.46. The monoisotopic (exact) mass is 538 g/mol. The van der Waals surface area contributed by atoms with Crippen LogP contribution in [0.3, 0.4) is 0 Å². The van der Waals surface area contributed by atoms with E-state index < -0.39 is 24.0 Å². The number of fused-ring (bicyclic) bond motifs is 1. The number of amides is 3. The lowest BCUT2D eigenvalue weighted by Crippen LogP contribution is -2.56. The quantitative estimate of drug-likeness (QED) is 0.558. The summed E-state index contributed by atoms with van der Waals surface area (Å²) in [7, 11) is 1.60. The van der Waals surface area contributed by atoms with Gasteiger partial charge in [-0.3, -0.25) is 14.4 Å². The van der Waals surface area contributed by atoms with E-state index in [4.69, 9.17) is 4.74 Å². The van der Waals surface area contributed by atoms with Crippen LogP contribution < -0.4 is 20.7 Å². The second kappa shape index (κ2) is 13.1. The minimum absolute atomic E-state index is 0.0580. The van der Waals surface area contributed by atoms with Crippen molar-refractivity contribution in [3.8, 4) is 5.75 Å². The molecule has 2 bridgehead atoms. The number of benzene rings is 2. The van der Waals surface area contributed by atoms with Crippen molar-refractivity contribution in [2.75, 3.05) is 20.1 Å². The zero-order chi connectivity index (χ0) is 27.9. The van der Waals surface area contributed by atoms with E-state index >= 15 is 0 Å². The van der Waals surface area contributed by atoms with Gasteiger partial charge < -0.3 is 25.6 Å². The lowest BCUT2D eigenvalue weighted by atomic mass is 9.97. The minimum atomic E-state index is -0.874. The van der Waals surface area contributed by atoms with Crippen LogP contribution in [0.2, 0.25) is 0 Å². The molecule has 0 radical (unpaired) electrons. The number of rotatable bonds is 3. The van der Waals surface area contributed by atoms with Gasteiger partial charge in [0.05, 0.1) is 6.04 Å². The maximum absolute atomic E-state index is 13.4. The topological polar surface area (TPSA) is 99.8 Å². The van der Waals surface area contributed by atoms with Crippen molar-refractivity contribution in [3.63, 3.8) is 0 Å². The van der Waals surface area contributed by atoms with Crippen LogP contribution in [-0.4, -0.2) is 67.0 Å². The Kier molecular flexibility index (Phi) is 9.56. The van der Waals surface area contributed by atoms with Crippen LogP contribution in [0, 0.1) is 5.82 Å². The average molecular weight is 539 g/mol. The van der Waals surface area contributed by atoms with E-state index in [-0.39, 0.29) is 30.2 Å². The highest BCUT2D eigenvalue weighted by Crippen LogP contribution is 2.32. The second-order valence-corrected chi connectivity index (χ2v) is 10.5. The van der Waals surface area contributed by atoms with Crippen molar-refractivity contribution in [2.45, 2.75) is 76.6 Å². The van der Waals surface area contributed by atoms with Crippen molar-refractivity contribution in [1.29, 1.82) is 0 Å². The number of carbonyl (C=O) groups excluding carboxylic acids is 3. The van der Waals surface area contributed by atoms with Crippen LogP contribution in [0.5, 0.6) is 5.75 Å². The van der Waals surface area contributed by atoms with Crippen LogP contribution in [-0.2, 0) is 33.6 Å². The number of hydrogen-bond donors (Lipinski definition) is 3. The van der Waals surface area contributed by atoms with Gasteiger partial charge in [0.2, 0.25) is 17.7 Å². The molecule has 2 unspecified atom stereocenters. The van der Waals surface area contributed by atoms with Crippen LogP contribution in [0.1, 0.15) is 49.8 Å². The van der Waals surface area contributed by atoms with Gasteiger partial charge in [0, 0.05) is 26.6 Å². The highest BCUT2D eigenvalue weighted by molar-refractivity contribution is 5.92. The van der Waals surface area contributed by atoms with Gasteiger partial charge in [-0.05, 0) is 67.9 Å². The normalized spacial score (nSPS) is 25.1. The number of nitrogens with one attached hydrogen (secondary N) is 3. The molecule has 2 aromatic rings. The Morgan fingerprint density at radius 3 is 2.44 bits per heavy atom. The molecule has 3 amide bonds. The molecule has 4 rings (SSSR count). The van der Waals surface area contributed by atoms with Gasteiger partial charge in [-0.25, -0.2) is 4.39 Å². The maximum atomic E-state index is 13.4. The third kappa shape index (κ3) is 7.15. The number of halogens is 1. The number of ether oxygens (including phenoxy) is 1. The highest BCUT2D eigenvalue weighted by atomic mass is 19.1. The molecule has 2 aromatic carbocycles. The summed E-state index contributed by atoms with van der Waals surface area (Å²) in [5.41, 5.74) is 3.00. The molecule has 0 aromatic heterocycles. The molecule has 9 heteroatoms. The van der Waals surface area contributed by atoms with Gasteiger partial charge in [-0.15, -0.1) is 0 Å². The Bertz CT molecular complexity index is 1170. The first-order chi connectivity index (χ1) is 18.8. The largest absolute Gasteiger partial charge is 0.489 e. The molecule has 2 heterocycles. The maximum Gasteiger partial charge on any atom is 0.243 e. The summed E-state index contributed by atoms with van der Waals surface area (Å²) in [5.74, 6) is -0.411. The molecule has 0 fully saturated rings. The third-order valence-electron chi connectivity index (χ3n) is 7.71. The number of nitrogens with zero attached hydrogens (tertiary/aromatic N) is 1. The summed E-state index contributed by atoms with van der Waals surface area (Å²) in [6.07, 6.45) is 3.89. The number of carbonyl (C=O) groups is 3. The fourth-order valence-corrected chi connectivity index (χ4v) is 5.13. The molecule has 0 saturated carbocycles. The number of hydrogen-bond acceptors (Lipinski definition) is 5.